The van der Waals surface area contributed by atoms with Gasteiger partial charge in [0.25, 0.3) is 17.9 Å². The molecule has 0 aromatic heterocycles. The van der Waals surface area contributed by atoms with E-state index in [0.29, 0.717) is 0 Å². The molecule has 3 N–H and O–H groups in total. The molecule has 0 aliphatic heterocycles. The van der Waals surface area contributed by atoms with Crippen molar-refractivity contribution in [2.45, 2.75) is 27.7 Å². The first-order valence-electron chi connectivity index (χ1n) is 6.02. The van der Waals surface area contributed by atoms with Crippen LogP contribution in [0, 0.1) is 6.92 Å². The fourth-order valence-corrected chi connectivity index (χ4v) is 1.52. The van der Waals surface area contributed by atoms with Crippen molar-refractivity contribution >= 4 is 49.8 Å². The van der Waals surface area contributed by atoms with Crippen LogP contribution < -0.4 is 0 Å². The number of benzene rings is 1. The summed E-state index contributed by atoms with van der Waals surface area (Å²) in [5.74, 6) is -2.50. The van der Waals surface area contributed by atoms with Crippen molar-refractivity contribution in [3.8, 4) is 0 Å². The Morgan fingerprint density at radius 1 is 0.864 bits per heavy atom. The number of hydrogen-bond donors (Lipinski definition) is 3. The molecule has 7 heteroatoms. The maximum atomic E-state index is 9.00. The molecule has 121 valence electrons. The van der Waals surface area contributed by atoms with Gasteiger partial charge in [-0.05, 0) is 0 Å². The molecule has 0 spiro atoms. The Hall–Kier alpha value is -1.71. The minimum atomic E-state index is -0.833. The molecule has 0 heterocycles. The number of rotatable bonds is 1. The molecule has 22 heavy (non-hydrogen) atoms. The zero-order chi connectivity index (χ0) is 18.1. The monoisotopic (exact) mass is 505 g/mol. The van der Waals surface area contributed by atoms with Crippen LogP contribution in [0.15, 0.2) is 27.9 Å². The van der Waals surface area contributed by atoms with Gasteiger partial charge in [0.05, 0.1) is 0 Å². The number of aliphatic carboxylic acids is 3. The number of carboxylic acids is 3. The Morgan fingerprint density at radius 3 is 1.36 bits per heavy atom. The third kappa shape index (κ3) is 42.9. The number of hydrogen-bond acceptors (Lipinski definition) is 3. The number of carbonyl (C=O) groups is 3. The predicted octanol–water partition coefficient (Wildman–Crippen LogP) is 2.41. The average molecular weight is 505 g/mol. The predicted molar refractivity (Wildman–Crippen MR) is 85.9 cm³/mol. The van der Waals surface area contributed by atoms with E-state index < -0.39 is 17.9 Å². The fraction of sp³-hybridized carbons (Fsp3) is 0.267. The fourth-order valence-electron chi connectivity index (χ4n) is 0.774. The van der Waals surface area contributed by atoms with Crippen LogP contribution in [0.5, 0.6) is 0 Å². The molecule has 0 fully saturated rings. The van der Waals surface area contributed by atoms with Gasteiger partial charge < -0.3 is 15.3 Å². The normalized spacial score (nSPS) is 8.23. The van der Waals surface area contributed by atoms with Crippen LogP contribution in [-0.4, -0.2) is 59.0 Å². The molecule has 0 aliphatic carbocycles. The quantitative estimate of drug-likeness (QED) is 0.507. The van der Waals surface area contributed by atoms with Crippen molar-refractivity contribution < 1.29 is 29.7 Å². The van der Waals surface area contributed by atoms with E-state index in [2.05, 4.69) is 40.9 Å². The van der Waals surface area contributed by atoms with Gasteiger partial charge in [-0.3, -0.25) is 14.4 Å². The summed E-state index contributed by atoms with van der Waals surface area (Å²) in [6.07, 6.45) is 2.16. The van der Waals surface area contributed by atoms with Crippen LogP contribution in [0.3, 0.4) is 0 Å². The molecule has 0 amide bonds. The van der Waals surface area contributed by atoms with E-state index in [0.717, 1.165) is 46.5 Å². The summed E-state index contributed by atoms with van der Waals surface area (Å²) in [4.78, 5) is 27.0. The van der Waals surface area contributed by atoms with Gasteiger partial charge in [0.2, 0.25) is 0 Å². The van der Waals surface area contributed by atoms with Crippen LogP contribution in [0.1, 0.15) is 31.9 Å². The first-order valence-corrected chi connectivity index (χ1v) is 8.26. The molecule has 0 saturated heterocycles. The molecule has 6 nitrogen and oxygen atoms in total. The molecule has 0 atom stereocenters. The standard InChI is InChI=1S/C9H9.3C2H4O2.Pb/c1-3-9-6-4-8(2)5-7-9;3*1-2(3)4;/h1,3-7H,2H3;3*1H3,(H,3,4);. The second-order valence-electron chi connectivity index (χ2n) is 3.80. The molecular formula is C15H21O6Pb. The molecule has 1 aromatic carbocycles. The van der Waals surface area contributed by atoms with E-state index in [1.807, 2.05) is 0 Å². The summed E-state index contributed by atoms with van der Waals surface area (Å²) in [5, 5.41) is 22.2. The van der Waals surface area contributed by atoms with Crippen LogP contribution >= 0.6 is 0 Å². The van der Waals surface area contributed by atoms with Gasteiger partial charge in [-0.1, -0.05) is 0 Å². The van der Waals surface area contributed by atoms with E-state index in [-0.39, 0.29) is 0 Å². The van der Waals surface area contributed by atoms with Crippen molar-refractivity contribution in [1.82, 2.24) is 0 Å². The summed E-state index contributed by atoms with van der Waals surface area (Å²) in [5.41, 5.74) is 2.63. The summed E-state index contributed by atoms with van der Waals surface area (Å²) in [6, 6.07) is 8.56. The Kier molecular flexibility index (Phi) is 19.9. The van der Waals surface area contributed by atoms with E-state index in [1.54, 1.807) is 0 Å². The average Bonchev–Trinajstić information content (AvgIpc) is 2.30. The number of carboxylic acid groups (broad SMARTS) is 3. The third-order valence-corrected chi connectivity index (χ3v) is 2.00. The molecular weight excluding hydrogens is 483 g/mol. The molecule has 0 unspecified atom stereocenters. The van der Waals surface area contributed by atoms with Crippen molar-refractivity contribution in [1.29, 1.82) is 0 Å². The maximum absolute atomic E-state index is 9.00. The van der Waals surface area contributed by atoms with E-state index in [9.17, 15) is 0 Å². The molecule has 1 rings (SSSR count). The van der Waals surface area contributed by atoms with Gasteiger partial charge in [0.15, 0.2) is 0 Å². The second-order valence-corrected chi connectivity index (χ2v) is 5.10. The van der Waals surface area contributed by atoms with Crippen molar-refractivity contribution in [2.24, 2.45) is 0 Å². The van der Waals surface area contributed by atoms with Gasteiger partial charge in [-0.15, -0.1) is 0 Å². The van der Waals surface area contributed by atoms with Gasteiger partial charge in [0.1, 0.15) is 0 Å². The Labute approximate surface area is 146 Å². The van der Waals surface area contributed by atoms with Gasteiger partial charge >= 0.3 is 77.8 Å². The SMILES string of the molecule is CC(=O)O.CC(=O)O.CC(=O)O.Cc1ccc(/C=[CH]/[Pb])cc1. The number of aryl methyl sites for hydroxylation is 1. The minimum absolute atomic E-state index is 0.833. The van der Waals surface area contributed by atoms with Crippen LogP contribution in [0.4, 0.5) is 0 Å². The van der Waals surface area contributed by atoms with Crippen molar-refractivity contribution in [2.75, 3.05) is 0 Å². The van der Waals surface area contributed by atoms with Gasteiger partial charge in [-0.2, -0.15) is 0 Å². The zero-order valence-electron chi connectivity index (χ0n) is 13.0. The zero-order valence-corrected chi connectivity index (χ0v) is 16.9. The second kappa shape index (κ2) is 17.3. The Bertz CT molecular complexity index is 425. The van der Waals surface area contributed by atoms with Crippen LogP contribution in [0.25, 0.3) is 6.08 Å². The third-order valence-electron chi connectivity index (χ3n) is 1.35. The van der Waals surface area contributed by atoms with Crippen molar-refractivity contribution in [3.05, 3.63) is 39.0 Å². The molecule has 0 saturated carbocycles. The van der Waals surface area contributed by atoms with E-state index in [1.165, 1.54) is 11.1 Å². The van der Waals surface area contributed by atoms with E-state index >= 15 is 0 Å². The molecule has 3 radical (unpaired) electrons. The summed E-state index contributed by atoms with van der Waals surface area (Å²) >= 11 is 1.14. The van der Waals surface area contributed by atoms with Crippen LogP contribution in [-0.2, 0) is 14.4 Å². The van der Waals surface area contributed by atoms with Crippen molar-refractivity contribution in [3.63, 3.8) is 0 Å². The van der Waals surface area contributed by atoms with E-state index in [4.69, 9.17) is 29.7 Å². The Morgan fingerprint density at radius 2 is 1.14 bits per heavy atom. The first-order chi connectivity index (χ1) is 10.0. The van der Waals surface area contributed by atoms with Crippen LogP contribution in [0.2, 0.25) is 0 Å². The van der Waals surface area contributed by atoms with Gasteiger partial charge in [0, 0.05) is 20.8 Å². The molecule has 1 aromatic rings. The Balaban J connectivity index is -0.000000253. The topological polar surface area (TPSA) is 112 Å². The summed E-state index contributed by atoms with van der Waals surface area (Å²) in [6.45, 7) is 5.36. The van der Waals surface area contributed by atoms with Gasteiger partial charge in [-0.25, -0.2) is 0 Å². The summed E-state index contributed by atoms with van der Waals surface area (Å²) < 4.78 is 2.19. The summed E-state index contributed by atoms with van der Waals surface area (Å²) in [7, 11) is 0. The molecule has 0 bridgehead atoms. The first kappa shape index (κ1) is 25.3. The molecule has 0 aliphatic rings.